The van der Waals surface area contributed by atoms with Crippen LogP contribution < -0.4 is 20.1 Å². The summed E-state index contributed by atoms with van der Waals surface area (Å²) in [4.78, 5) is 8.78. The summed E-state index contributed by atoms with van der Waals surface area (Å²) >= 11 is 0. The average Bonchev–Trinajstić information content (AvgIpc) is 2.74. The summed E-state index contributed by atoms with van der Waals surface area (Å²) in [6, 6.07) is 17.8. The van der Waals surface area contributed by atoms with Crippen molar-refractivity contribution in [1.29, 1.82) is 0 Å². The van der Waals surface area contributed by atoms with Gasteiger partial charge in [-0.3, -0.25) is 9.98 Å². The third kappa shape index (κ3) is 5.13. The van der Waals surface area contributed by atoms with Gasteiger partial charge in [-0.1, -0.05) is 30.3 Å². The molecule has 1 heterocycles. The van der Waals surface area contributed by atoms with Crippen molar-refractivity contribution in [3.05, 3.63) is 66.4 Å². The zero-order valence-corrected chi connectivity index (χ0v) is 16.5. The van der Waals surface area contributed by atoms with Crippen molar-refractivity contribution in [1.82, 2.24) is 15.6 Å². The summed E-state index contributed by atoms with van der Waals surface area (Å²) in [5.74, 6) is 2.27. The summed E-state index contributed by atoms with van der Waals surface area (Å²) in [6.45, 7) is 3.26. The van der Waals surface area contributed by atoms with Crippen molar-refractivity contribution in [2.75, 3.05) is 20.7 Å². The van der Waals surface area contributed by atoms with Crippen LogP contribution in [-0.2, 0) is 6.54 Å². The highest BCUT2D eigenvalue weighted by molar-refractivity contribution is 5.83. The first-order valence-corrected chi connectivity index (χ1v) is 9.27. The van der Waals surface area contributed by atoms with Gasteiger partial charge in [0, 0.05) is 31.2 Å². The van der Waals surface area contributed by atoms with E-state index >= 15 is 0 Å². The molecule has 0 saturated heterocycles. The van der Waals surface area contributed by atoms with Gasteiger partial charge >= 0.3 is 0 Å². The number of nitrogens with one attached hydrogen (secondary N) is 2. The molecule has 0 saturated carbocycles. The standard InChI is InChI=1S/C22H26N4O2/c1-16(28-20-11-5-10-19(13-20)27-3)14-25-22(23-2)26-15-18-8-4-7-17-9-6-12-24-21(17)18/h4-13,16H,14-15H2,1-3H3,(H2,23,25,26). The molecular weight excluding hydrogens is 352 g/mol. The van der Waals surface area contributed by atoms with Crippen molar-refractivity contribution < 1.29 is 9.47 Å². The van der Waals surface area contributed by atoms with E-state index in [4.69, 9.17) is 9.47 Å². The van der Waals surface area contributed by atoms with Crippen molar-refractivity contribution in [2.24, 2.45) is 4.99 Å². The lowest BCUT2D eigenvalue weighted by molar-refractivity contribution is 0.223. The second kappa shape index (κ2) is 9.60. The van der Waals surface area contributed by atoms with Crippen molar-refractivity contribution in [2.45, 2.75) is 19.6 Å². The molecule has 0 aliphatic carbocycles. The first-order chi connectivity index (χ1) is 13.7. The SMILES string of the molecule is CN=C(NCc1cccc2cccnc12)NCC(C)Oc1cccc(OC)c1. The van der Waals surface area contributed by atoms with Gasteiger partial charge in [0.2, 0.25) is 0 Å². The predicted octanol–water partition coefficient (Wildman–Crippen LogP) is 3.38. The molecule has 2 N–H and O–H groups in total. The number of para-hydroxylation sites is 1. The lowest BCUT2D eigenvalue weighted by atomic mass is 10.1. The topological polar surface area (TPSA) is 67.8 Å². The molecule has 1 atom stereocenters. The molecule has 6 nitrogen and oxygen atoms in total. The fourth-order valence-electron chi connectivity index (χ4n) is 2.90. The Kier molecular flexibility index (Phi) is 6.68. The van der Waals surface area contributed by atoms with Crippen LogP contribution in [-0.4, -0.2) is 37.7 Å². The van der Waals surface area contributed by atoms with Gasteiger partial charge in [-0.15, -0.1) is 0 Å². The number of fused-ring (bicyclic) bond motifs is 1. The van der Waals surface area contributed by atoms with Crippen LogP contribution in [0.3, 0.4) is 0 Å². The van der Waals surface area contributed by atoms with E-state index in [-0.39, 0.29) is 6.10 Å². The van der Waals surface area contributed by atoms with E-state index in [1.807, 2.05) is 49.5 Å². The van der Waals surface area contributed by atoms with Crippen molar-refractivity contribution >= 4 is 16.9 Å². The normalized spacial score (nSPS) is 12.5. The van der Waals surface area contributed by atoms with Gasteiger partial charge in [0.1, 0.15) is 17.6 Å². The number of rotatable bonds is 7. The van der Waals surface area contributed by atoms with E-state index in [0.717, 1.165) is 28.0 Å². The largest absolute Gasteiger partial charge is 0.497 e. The number of nitrogens with zero attached hydrogens (tertiary/aromatic N) is 2. The van der Waals surface area contributed by atoms with Gasteiger partial charge < -0.3 is 20.1 Å². The van der Waals surface area contributed by atoms with E-state index in [1.165, 1.54) is 0 Å². The lowest BCUT2D eigenvalue weighted by Gasteiger charge is -2.18. The molecule has 28 heavy (non-hydrogen) atoms. The molecule has 3 aromatic rings. The Hall–Kier alpha value is -3.28. The molecular formula is C22H26N4O2. The van der Waals surface area contributed by atoms with Crippen LogP contribution in [0, 0.1) is 0 Å². The molecule has 0 aliphatic heterocycles. The van der Waals surface area contributed by atoms with Crippen molar-refractivity contribution in [3.8, 4) is 11.5 Å². The fourth-order valence-corrected chi connectivity index (χ4v) is 2.90. The van der Waals surface area contributed by atoms with E-state index in [1.54, 1.807) is 14.2 Å². The van der Waals surface area contributed by atoms with E-state index in [0.29, 0.717) is 19.0 Å². The molecule has 0 spiro atoms. The summed E-state index contributed by atoms with van der Waals surface area (Å²) in [6.07, 6.45) is 1.78. The highest BCUT2D eigenvalue weighted by atomic mass is 16.5. The summed E-state index contributed by atoms with van der Waals surface area (Å²) in [5.41, 5.74) is 2.13. The summed E-state index contributed by atoms with van der Waals surface area (Å²) < 4.78 is 11.2. The number of aliphatic imine (C=N–C) groups is 1. The van der Waals surface area contributed by atoms with E-state index < -0.39 is 0 Å². The number of hydrogen-bond donors (Lipinski definition) is 2. The Bertz CT molecular complexity index is 937. The number of pyridine rings is 1. The number of benzene rings is 2. The van der Waals surface area contributed by atoms with Crippen LogP contribution in [0.15, 0.2) is 65.8 Å². The van der Waals surface area contributed by atoms with Gasteiger partial charge in [-0.25, -0.2) is 0 Å². The van der Waals surface area contributed by atoms with Gasteiger partial charge in [-0.05, 0) is 30.7 Å². The minimum atomic E-state index is -0.0371. The minimum Gasteiger partial charge on any atom is -0.497 e. The molecule has 0 amide bonds. The molecule has 146 valence electrons. The third-order valence-corrected chi connectivity index (χ3v) is 4.32. The van der Waals surface area contributed by atoms with Gasteiger partial charge in [0.25, 0.3) is 0 Å². The molecule has 6 heteroatoms. The van der Waals surface area contributed by atoms with E-state index in [9.17, 15) is 0 Å². The summed E-state index contributed by atoms with van der Waals surface area (Å²) in [7, 11) is 3.40. The number of ether oxygens (including phenoxy) is 2. The first kappa shape index (κ1) is 19.5. The highest BCUT2D eigenvalue weighted by Gasteiger charge is 2.08. The van der Waals surface area contributed by atoms with Crippen LogP contribution in [0.4, 0.5) is 0 Å². The molecule has 3 rings (SSSR count). The fraction of sp³-hybridized carbons (Fsp3) is 0.273. The molecule has 2 aromatic carbocycles. The predicted molar refractivity (Wildman–Crippen MR) is 113 cm³/mol. The number of methoxy groups -OCH3 is 1. The molecule has 0 fully saturated rings. The quantitative estimate of drug-likeness (QED) is 0.487. The van der Waals surface area contributed by atoms with Gasteiger partial charge in [0.15, 0.2) is 5.96 Å². The van der Waals surface area contributed by atoms with Crippen molar-refractivity contribution in [3.63, 3.8) is 0 Å². The maximum Gasteiger partial charge on any atom is 0.191 e. The molecule has 0 radical (unpaired) electrons. The molecule has 0 bridgehead atoms. The number of guanidine groups is 1. The maximum absolute atomic E-state index is 5.94. The zero-order valence-electron chi connectivity index (χ0n) is 16.5. The molecule has 0 aliphatic rings. The van der Waals surface area contributed by atoms with E-state index in [2.05, 4.69) is 38.8 Å². The Labute approximate surface area is 165 Å². The van der Waals surface area contributed by atoms with Crippen LogP contribution >= 0.6 is 0 Å². The smallest absolute Gasteiger partial charge is 0.191 e. The second-order valence-electron chi connectivity index (χ2n) is 6.41. The number of hydrogen-bond acceptors (Lipinski definition) is 4. The first-order valence-electron chi connectivity index (χ1n) is 9.27. The molecule has 1 aromatic heterocycles. The second-order valence-corrected chi connectivity index (χ2v) is 6.41. The Morgan fingerprint density at radius 2 is 1.86 bits per heavy atom. The zero-order chi connectivity index (χ0) is 19.8. The van der Waals surface area contributed by atoms with Crippen LogP contribution in [0.1, 0.15) is 12.5 Å². The minimum absolute atomic E-state index is 0.0371. The lowest BCUT2D eigenvalue weighted by Crippen LogP contribution is -2.41. The summed E-state index contributed by atoms with van der Waals surface area (Å²) in [5, 5.41) is 7.77. The Balaban J connectivity index is 1.53. The third-order valence-electron chi connectivity index (χ3n) is 4.32. The Morgan fingerprint density at radius 3 is 2.68 bits per heavy atom. The van der Waals surface area contributed by atoms with Gasteiger partial charge in [-0.2, -0.15) is 0 Å². The molecule has 1 unspecified atom stereocenters. The Morgan fingerprint density at radius 1 is 1.07 bits per heavy atom. The number of aromatic nitrogens is 1. The monoisotopic (exact) mass is 378 g/mol. The van der Waals surface area contributed by atoms with Crippen LogP contribution in [0.2, 0.25) is 0 Å². The van der Waals surface area contributed by atoms with Crippen LogP contribution in [0.5, 0.6) is 11.5 Å². The van der Waals surface area contributed by atoms with Gasteiger partial charge in [0.05, 0.1) is 19.2 Å². The average molecular weight is 378 g/mol. The maximum atomic E-state index is 5.94. The highest BCUT2D eigenvalue weighted by Crippen LogP contribution is 2.19. The van der Waals surface area contributed by atoms with Crippen LogP contribution in [0.25, 0.3) is 10.9 Å².